The van der Waals surface area contributed by atoms with Crippen LogP contribution in [0.3, 0.4) is 0 Å². The maximum absolute atomic E-state index is 12.9. The monoisotopic (exact) mass is 599 g/mol. The molecule has 0 aliphatic rings. The molecule has 1 heterocycles. The summed E-state index contributed by atoms with van der Waals surface area (Å²) < 4.78 is 17.3. The molecule has 0 aliphatic heterocycles. The number of hydrogen-bond donors (Lipinski definition) is 2. The molecule has 0 bridgehead atoms. The number of nitrogens with one attached hydrogen (secondary N) is 2. The van der Waals surface area contributed by atoms with Gasteiger partial charge in [0.25, 0.3) is 5.91 Å². The molecule has 0 spiro atoms. The molecular weight excluding hydrogens is 570 g/mol. The van der Waals surface area contributed by atoms with Gasteiger partial charge in [0.05, 0.1) is 7.11 Å². The van der Waals surface area contributed by atoms with Crippen LogP contribution in [0.2, 0.25) is 5.02 Å². The van der Waals surface area contributed by atoms with Gasteiger partial charge in [-0.15, -0.1) is 0 Å². The van der Waals surface area contributed by atoms with E-state index in [2.05, 4.69) is 41.6 Å². The van der Waals surface area contributed by atoms with E-state index in [0.717, 1.165) is 28.6 Å². The zero-order valence-electron chi connectivity index (χ0n) is 23.4. The molecule has 42 heavy (non-hydrogen) atoms. The molecule has 0 saturated heterocycles. The van der Waals surface area contributed by atoms with Crippen LogP contribution in [0.1, 0.15) is 47.7 Å². The van der Waals surface area contributed by atoms with Crippen molar-refractivity contribution < 1.29 is 18.7 Å². The van der Waals surface area contributed by atoms with Gasteiger partial charge in [0.1, 0.15) is 12.1 Å². The molecule has 0 radical (unpaired) electrons. The molecule has 0 aliphatic carbocycles. The van der Waals surface area contributed by atoms with Gasteiger partial charge >= 0.3 is 0 Å². The van der Waals surface area contributed by atoms with E-state index in [1.165, 1.54) is 12.7 Å². The fourth-order valence-corrected chi connectivity index (χ4v) is 4.65. The lowest BCUT2D eigenvalue weighted by Gasteiger charge is -2.13. The Balaban J connectivity index is 1.19. The summed E-state index contributed by atoms with van der Waals surface area (Å²) in [7, 11) is 1.52. The summed E-state index contributed by atoms with van der Waals surface area (Å²) in [6.07, 6.45) is 1.06. The van der Waals surface area contributed by atoms with Crippen LogP contribution in [0, 0.1) is 0 Å². The number of carbonyl (C=O) groups excluding carboxylic acids is 1. The molecule has 1 unspecified atom stereocenters. The number of aromatic nitrogens is 1. The van der Waals surface area contributed by atoms with E-state index >= 15 is 0 Å². The highest BCUT2D eigenvalue weighted by atomic mass is 35.5. The smallest absolute Gasteiger partial charge is 0.257 e. The Kier molecular flexibility index (Phi) is 9.05. The van der Waals surface area contributed by atoms with E-state index in [-0.39, 0.29) is 11.0 Å². The van der Waals surface area contributed by atoms with Crippen molar-refractivity contribution in [3.05, 3.63) is 107 Å². The van der Waals surface area contributed by atoms with Crippen molar-refractivity contribution in [2.75, 3.05) is 12.4 Å². The maximum atomic E-state index is 12.9. The number of nitrogens with zero attached hydrogens (tertiary/aromatic N) is 1. The van der Waals surface area contributed by atoms with E-state index in [1.807, 2.05) is 42.5 Å². The minimum absolute atomic E-state index is 0.161. The average molecular weight is 600 g/mol. The first-order chi connectivity index (χ1) is 20.3. The Morgan fingerprint density at radius 2 is 1.76 bits per heavy atom. The van der Waals surface area contributed by atoms with Crippen LogP contribution >= 0.6 is 23.8 Å². The van der Waals surface area contributed by atoms with Gasteiger partial charge in [0, 0.05) is 21.8 Å². The lowest BCUT2D eigenvalue weighted by Crippen LogP contribution is -2.34. The highest BCUT2D eigenvalue weighted by Gasteiger charge is 2.14. The van der Waals surface area contributed by atoms with Gasteiger partial charge in [-0.2, -0.15) is 0 Å². The number of fused-ring (bicyclic) bond motifs is 1. The Morgan fingerprint density at radius 1 is 1.00 bits per heavy atom. The average Bonchev–Trinajstić information content (AvgIpc) is 3.44. The quantitative estimate of drug-likeness (QED) is 0.165. The summed E-state index contributed by atoms with van der Waals surface area (Å²) in [5.74, 6) is 1.57. The number of benzene rings is 4. The summed E-state index contributed by atoms with van der Waals surface area (Å²) in [6.45, 7) is 4.70. The third-order valence-electron chi connectivity index (χ3n) is 6.94. The zero-order chi connectivity index (χ0) is 29.6. The van der Waals surface area contributed by atoms with Crippen molar-refractivity contribution >= 4 is 51.6 Å². The number of thiocarbonyl (C=S) groups is 1. The summed E-state index contributed by atoms with van der Waals surface area (Å²) in [5.41, 5.74) is 5.71. The number of hydrogen-bond acceptors (Lipinski definition) is 6. The summed E-state index contributed by atoms with van der Waals surface area (Å²) >= 11 is 11.3. The van der Waals surface area contributed by atoms with Crippen LogP contribution in [0.25, 0.3) is 22.6 Å². The lowest BCUT2D eigenvalue weighted by molar-refractivity contribution is 0.0977. The third kappa shape index (κ3) is 6.90. The van der Waals surface area contributed by atoms with Gasteiger partial charge < -0.3 is 19.2 Å². The number of ether oxygens (including phenoxy) is 2. The van der Waals surface area contributed by atoms with E-state index in [9.17, 15) is 4.79 Å². The summed E-state index contributed by atoms with van der Waals surface area (Å²) in [6, 6.07) is 26.0. The second-order valence-electron chi connectivity index (χ2n) is 9.82. The molecule has 0 fully saturated rings. The molecule has 4 aromatic carbocycles. The van der Waals surface area contributed by atoms with Crippen LogP contribution in [0.15, 0.2) is 89.3 Å². The second kappa shape index (κ2) is 13.1. The van der Waals surface area contributed by atoms with Crippen molar-refractivity contribution in [1.82, 2.24) is 10.3 Å². The van der Waals surface area contributed by atoms with E-state index < -0.39 is 0 Å². The van der Waals surface area contributed by atoms with Gasteiger partial charge in [-0.1, -0.05) is 43.6 Å². The van der Waals surface area contributed by atoms with E-state index in [1.54, 1.807) is 30.3 Å². The Hall–Kier alpha value is -4.40. The largest absolute Gasteiger partial charge is 0.493 e. The second-order valence-corrected chi connectivity index (χ2v) is 10.7. The van der Waals surface area contributed by atoms with Crippen LogP contribution < -0.4 is 20.1 Å². The molecule has 0 saturated carbocycles. The summed E-state index contributed by atoms with van der Waals surface area (Å²) in [4.78, 5) is 17.6. The first-order valence-corrected chi connectivity index (χ1v) is 14.3. The van der Waals surface area contributed by atoms with Gasteiger partial charge in [0.15, 0.2) is 22.2 Å². The number of halogens is 1. The number of oxazole rings is 1. The van der Waals surface area contributed by atoms with Crippen molar-refractivity contribution in [1.29, 1.82) is 0 Å². The van der Waals surface area contributed by atoms with Gasteiger partial charge in [-0.3, -0.25) is 10.1 Å². The lowest BCUT2D eigenvalue weighted by atomic mass is 9.98. The predicted molar refractivity (Wildman–Crippen MR) is 171 cm³/mol. The molecule has 7 nitrogen and oxygen atoms in total. The first kappa shape index (κ1) is 29.1. The number of amides is 1. The number of rotatable bonds is 9. The molecular formula is C33H30ClN3O4S. The van der Waals surface area contributed by atoms with E-state index in [0.29, 0.717) is 46.2 Å². The predicted octanol–water partition coefficient (Wildman–Crippen LogP) is 8.38. The van der Waals surface area contributed by atoms with E-state index in [4.69, 9.17) is 37.7 Å². The van der Waals surface area contributed by atoms with Gasteiger partial charge in [0.2, 0.25) is 5.89 Å². The number of carbonyl (C=O) groups is 1. The third-order valence-corrected chi connectivity index (χ3v) is 7.40. The minimum Gasteiger partial charge on any atom is -0.493 e. The Labute approximate surface area is 254 Å². The normalized spacial score (nSPS) is 11.6. The van der Waals surface area contributed by atoms with Crippen LogP contribution in [-0.4, -0.2) is 23.1 Å². The molecule has 1 aromatic heterocycles. The molecule has 1 amide bonds. The molecule has 2 N–H and O–H groups in total. The standard InChI is InChI=1S/C33H30ClN3O4S/c1-4-20(2)23-9-15-28-27(17-23)36-32(41-28)22-7-13-26(14-8-22)35-33(42)37-31(38)24-10-16-29(30(18-24)39-3)40-19-21-5-11-25(34)12-6-21/h5-18,20H,4,19H2,1-3H3,(H2,35,37,38,42). The van der Waals surface area contributed by atoms with Crippen LogP contribution in [0.4, 0.5) is 5.69 Å². The fraction of sp³-hybridized carbons (Fsp3) is 0.182. The minimum atomic E-state index is -0.380. The zero-order valence-corrected chi connectivity index (χ0v) is 25.0. The molecule has 214 valence electrons. The number of anilines is 1. The Bertz CT molecular complexity index is 1720. The molecule has 1 atom stereocenters. The van der Waals surface area contributed by atoms with Crippen LogP contribution in [0.5, 0.6) is 11.5 Å². The highest BCUT2D eigenvalue weighted by molar-refractivity contribution is 7.80. The molecule has 5 aromatic rings. The van der Waals surface area contributed by atoms with Crippen molar-refractivity contribution in [2.45, 2.75) is 32.8 Å². The topological polar surface area (TPSA) is 85.6 Å². The van der Waals surface area contributed by atoms with Crippen LogP contribution in [-0.2, 0) is 6.61 Å². The van der Waals surface area contributed by atoms with Crippen molar-refractivity contribution in [3.63, 3.8) is 0 Å². The maximum Gasteiger partial charge on any atom is 0.257 e. The van der Waals surface area contributed by atoms with Gasteiger partial charge in [-0.25, -0.2) is 4.98 Å². The molecule has 5 rings (SSSR count). The van der Waals surface area contributed by atoms with Gasteiger partial charge in [-0.05, 0) is 102 Å². The summed E-state index contributed by atoms with van der Waals surface area (Å²) in [5, 5.41) is 6.56. The Morgan fingerprint density at radius 3 is 2.48 bits per heavy atom. The first-order valence-electron chi connectivity index (χ1n) is 13.5. The molecule has 9 heteroatoms. The van der Waals surface area contributed by atoms with Crippen molar-refractivity contribution in [3.8, 4) is 23.0 Å². The number of methoxy groups -OCH3 is 1. The fourth-order valence-electron chi connectivity index (χ4n) is 4.31. The highest BCUT2D eigenvalue weighted by Crippen LogP contribution is 2.30. The van der Waals surface area contributed by atoms with Crippen molar-refractivity contribution in [2.24, 2.45) is 0 Å². The SMILES string of the molecule is CCC(C)c1ccc2oc(-c3ccc(NC(=S)NC(=O)c4ccc(OCc5ccc(Cl)cc5)c(OC)c4)cc3)nc2c1.